The zero-order chi connectivity index (χ0) is 18.9. The number of carboxylic acid groups (broad SMARTS) is 1. The van der Waals surface area contributed by atoms with E-state index in [1.165, 1.54) is 24.9 Å². The van der Waals surface area contributed by atoms with Crippen LogP contribution in [0.25, 0.3) is 0 Å². The van der Waals surface area contributed by atoms with Crippen molar-refractivity contribution < 1.29 is 14.6 Å². The maximum atomic E-state index is 10.8. The lowest BCUT2D eigenvalue weighted by molar-refractivity contribution is -0.144. The van der Waals surface area contributed by atoms with Gasteiger partial charge in [-0.05, 0) is 36.2 Å². The summed E-state index contributed by atoms with van der Waals surface area (Å²) < 4.78 is 5.25. The average molecular weight is 392 g/mol. The first-order valence-electron chi connectivity index (χ1n) is 7.68. The summed E-state index contributed by atoms with van der Waals surface area (Å²) in [6, 6.07) is 14.8. The van der Waals surface area contributed by atoms with Gasteiger partial charge < -0.3 is 15.6 Å². The lowest BCUT2D eigenvalue weighted by atomic mass is 10.2. The predicted octanol–water partition coefficient (Wildman–Crippen LogP) is 3.77. The Morgan fingerprint density at radius 1 is 1.35 bits per heavy atom. The summed E-state index contributed by atoms with van der Waals surface area (Å²) in [5.74, 6) is -0.0598. The highest BCUT2D eigenvalue weighted by Gasteiger charge is 2.14. The SMILES string of the molecule is CC(Oc1ccc(C=NN=C(N)SCc2ccccc2)cc1Cl)C(=O)O. The Kier molecular flexibility index (Phi) is 7.50. The Balaban J connectivity index is 1.92. The summed E-state index contributed by atoms with van der Waals surface area (Å²) in [7, 11) is 0. The molecule has 0 saturated heterocycles. The Morgan fingerprint density at radius 3 is 2.73 bits per heavy atom. The fourth-order valence-corrected chi connectivity index (χ4v) is 2.69. The van der Waals surface area contributed by atoms with Crippen molar-refractivity contribution in [2.45, 2.75) is 18.8 Å². The van der Waals surface area contributed by atoms with Gasteiger partial charge in [0.1, 0.15) is 5.75 Å². The maximum Gasteiger partial charge on any atom is 0.344 e. The van der Waals surface area contributed by atoms with E-state index in [9.17, 15) is 4.79 Å². The summed E-state index contributed by atoms with van der Waals surface area (Å²) in [5.41, 5.74) is 7.66. The molecular formula is C18H18ClN3O3S. The number of benzene rings is 2. The van der Waals surface area contributed by atoms with E-state index < -0.39 is 12.1 Å². The number of carbonyl (C=O) groups is 1. The van der Waals surface area contributed by atoms with Crippen molar-refractivity contribution in [3.63, 3.8) is 0 Å². The monoisotopic (exact) mass is 391 g/mol. The van der Waals surface area contributed by atoms with Crippen LogP contribution in [0.15, 0.2) is 58.7 Å². The van der Waals surface area contributed by atoms with Gasteiger partial charge in [-0.15, -0.1) is 5.10 Å². The van der Waals surface area contributed by atoms with Gasteiger partial charge in [-0.3, -0.25) is 0 Å². The molecule has 0 aromatic heterocycles. The molecule has 8 heteroatoms. The third-order valence-corrected chi connectivity index (χ3v) is 4.35. The number of rotatable bonds is 7. The lowest BCUT2D eigenvalue weighted by Crippen LogP contribution is -2.23. The average Bonchev–Trinajstić information content (AvgIpc) is 2.63. The normalized spacial score (nSPS) is 12.9. The van der Waals surface area contributed by atoms with Crippen molar-refractivity contribution in [3.05, 3.63) is 64.7 Å². The van der Waals surface area contributed by atoms with E-state index in [1.54, 1.807) is 18.2 Å². The number of aliphatic carboxylic acids is 1. The molecule has 0 saturated carbocycles. The highest BCUT2D eigenvalue weighted by molar-refractivity contribution is 8.13. The molecule has 0 aliphatic rings. The molecule has 3 N–H and O–H groups in total. The number of hydrogen-bond acceptors (Lipinski definition) is 5. The van der Waals surface area contributed by atoms with Crippen molar-refractivity contribution in [2.24, 2.45) is 15.9 Å². The van der Waals surface area contributed by atoms with Crippen LogP contribution in [0.1, 0.15) is 18.1 Å². The number of nitrogens with zero attached hydrogens (tertiary/aromatic N) is 2. The zero-order valence-corrected chi connectivity index (χ0v) is 15.6. The first-order chi connectivity index (χ1) is 12.5. The van der Waals surface area contributed by atoms with Crippen LogP contribution in [-0.2, 0) is 10.5 Å². The fraction of sp³-hybridized carbons (Fsp3) is 0.167. The molecule has 1 atom stereocenters. The molecule has 2 aromatic rings. The Hall–Kier alpha value is -2.51. The van der Waals surface area contributed by atoms with Gasteiger partial charge in [0.15, 0.2) is 11.3 Å². The highest BCUT2D eigenvalue weighted by Crippen LogP contribution is 2.26. The van der Waals surface area contributed by atoms with Gasteiger partial charge in [0.25, 0.3) is 0 Å². The van der Waals surface area contributed by atoms with Gasteiger partial charge in [-0.25, -0.2) is 4.79 Å². The Labute approximate surface area is 160 Å². The molecule has 0 aliphatic carbocycles. The summed E-state index contributed by atoms with van der Waals surface area (Å²) in [6.07, 6.45) is 0.518. The number of halogens is 1. The van der Waals surface area contributed by atoms with Crippen LogP contribution in [0.2, 0.25) is 5.02 Å². The Morgan fingerprint density at radius 2 is 2.08 bits per heavy atom. The van der Waals surface area contributed by atoms with E-state index in [0.717, 1.165) is 5.56 Å². The van der Waals surface area contributed by atoms with E-state index in [1.807, 2.05) is 30.3 Å². The lowest BCUT2D eigenvalue weighted by Gasteiger charge is -2.11. The van der Waals surface area contributed by atoms with Crippen molar-refractivity contribution in [1.82, 2.24) is 0 Å². The largest absolute Gasteiger partial charge is 0.479 e. The van der Waals surface area contributed by atoms with Gasteiger partial charge in [0.2, 0.25) is 0 Å². The van der Waals surface area contributed by atoms with Crippen LogP contribution in [0, 0.1) is 0 Å². The van der Waals surface area contributed by atoms with Crippen LogP contribution < -0.4 is 10.5 Å². The van der Waals surface area contributed by atoms with E-state index >= 15 is 0 Å². The smallest absolute Gasteiger partial charge is 0.344 e. The third kappa shape index (κ3) is 6.42. The number of ether oxygens (including phenoxy) is 1. The second-order valence-electron chi connectivity index (χ2n) is 5.25. The van der Waals surface area contributed by atoms with Crippen LogP contribution in [0.4, 0.5) is 0 Å². The summed E-state index contributed by atoms with van der Waals surface area (Å²) >= 11 is 7.49. The van der Waals surface area contributed by atoms with Crippen LogP contribution in [0.3, 0.4) is 0 Å². The van der Waals surface area contributed by atoms with Gasteiger partial charge in [0, 0.05) is 5.75 Å². The van der Waals surface area contributed by atoms with Gasteiger partial charge >= 0.3 is 5.97 Å². The minimum atomic E-state index is -1.07. The molecule has 136 valence electrons. The summed E-state index contributed by atoms with van der Waals surface area (Å²) in [5, 5.41) is 17.4. The molecule has 0 radical (unpaired) electrons. The zero-order valence-electron chi connectivity index (χ0n) is 14.0. The van der Waals surface area contributed by atoms with Crippen LogP contribution >= 0.6 is 23.4 Å². The number of hydrogen-bond donors (Lipinski definition) is 2. The maximum absolute atomic E-state index is 10.8. The molecule has 6 nitrogen and oxygen atoms in total. The van der Waals surface area contributed by atoms with E-state index in [0.29, 0.717) is 22.2 Å². The van der Waals surface area contributed by atoms with E-state index in [4.69, 9.17) is 27.2 Å². The third-order valence-electron chi connectivity index (χ3n) is 3.20. The van der Waals surface area contributed by atoms with Crippen molar-refractivity contribution in [1.29, 1.82) is 0 Å². The number of nitrogens with two attached hydrogens (primary N) is 1. The van der Waals surface area contributed by atoms with Crippen LogP contribution in [0.5, 0.6) is 5.75 Å². The molecule has 0 amide bonds. The second-order valence-corrected chi connectivity index (χ2v) is 6.65. The molecule has 2 rings (SSSR count). The van der Waals surface area contributed by atoms with Crippen LogP contribution in [-0.4, -0.2) is 28.6 Å². The van der Waals surface area contributed by atoms with E-state index in [-0.39, 0.29) is 5.02 Å². The standard InChI is InChI=1S/C18H18ClN3O3S/c1-12(17(23)24)25-16-8-7-14(9-15(16)19)10-21-22-18(20)26-11-13-5-3-2-4-6-13/h2-10,12H,11H2,1H3,(H2,20,22)(H,23,24). The van der Waals surface area contributed by atoms with Crippen molar-refractivity contribution in [2.75, 3.05) is 0 Å². The fourth-order valence-electron chi connectivity index (χ4n) is 1.85. The molecular weight excluding hydrogens is 374 g/mol. The number of thioether (sulfide) groups is 1. The molecule has 26 heavy (non-hydrogen) atoms. The Bertz CT molecular complexity index is 813. The molecule has 0 bridgehead atoms. The molecule has 0 aliphatic heterocycles. The minimum absolute atomic E-state index is 0.289. The quantitative estimate of drug-likeness (QED) is 0.425. The topological polar surface area (TPSA) is 97.3 Å². The molecule has 1 unspecified atom stereocenters. The number of carboxylic acids is 1. The predicted molar refractivity (Wildman–Crippen MR) is 106 cm³/mol. The first kappa shape index (κ1) is 19.8. The second kappa shape index (κ2) is 9.84. The first-order valence-corrected chi connectivity index (χ1v) is 9.04. The van der Waals surface area contributed by atoms with Crippen molar-refractivity contribution in [3.8, 4) is 5.75 Å². The molecule has 0 heterocycles. The highest BCUT2D eigenvalue weighted by atomic mass is 35.5. The molecule has 0 spiro atoms. The van der Waals surface area contributed by atoms with Gasteiger partial charge in [-0.1, -0.05) is 53.7 Å². The van der Waals surface area contributed by atoms with E-state index in [2.05, 4.69) is 10.2 Å². The summed E-state index contributed by atoms with van der Waals surface area (Å²) in [4.78, 5) is 10.8. The summed E-state index contributed by atoms with van der Waals surface area (Å²) in [6.45, 7) is 1.43. The van der Waals surface area contributed by atoms with Gasteiger partial charge in [0.05, 0.1) is 11.2 Å². The van der Waals surface area contributed by atoms with Gasteiger partial charge in [-0.2, -0.15) is 5.10 Å². The molecule has 0 fully saturated rings. The van der Waals surface area contributed by atoms with Crippen molar-refractivity contribution >= 4 is 40.7 Å². The molecule has 2 aromatic carbocycles. The minimum Gasteiger partial charge on any atom is -0.479 e. The number of amidine groups is 1.